The maximum absolute atomic E-state index is 12.0. The summed E-state index contributed by atoms with van der Waals surface area (Å²) in [6.07, 6.45) is 1.64. The van der Waals surface area contributed by atoms with Gasteiger partial charge in [-0.25, -0.2) is 4.98 Å². The molecule has 17 heavy (non-hydrogen) atoms. The summed E-state index contributed by atoms with van der Waals surface area (Å²) in [4.78, 5) is 16.1. The number of carbonyl (C=O) groups is 1. The first-order valence-corrected chi connectivity index (χ1v) is 6.29. The second kappa shape index (κ2) is 5.59. The molecule has 3 nitrogen and oxygen atoms in total. The summed E-state index contributed by atoms with van der Waals surface area (Å²) < 4.78 is 0. The van der Waals surface area contributed by atoms with Crippen LogP contribution in [-0.4, -0.2) is 10.9 Å². The highest BCUT2D eigenvalue weighted by atomic mass is 79.9. The van der Waals surface area contributed by atoms with Gasteiger partial charge < -0.3 is 5.32 Å². The van der Waals surface area contributed by atoms with Gasteiger partial charge >= 0.3 is 0 Å². The second-order valence-corrected chi connectivity index (χ2v) is 4.02. The zero-order chi connectivity index (χ0) is 12.1. The zero-order valence-electron chi connectivity index (χ0n) is 9.06. The first kappa shape index (κ1) is 11.8. The monoisotopic (exact) mass is 290 g/mol. The summed E-state index contributed by atoms with van der Waals surface area (Å²) in [7, 11) is 0. The Morgan fingerprint density at radius 3 is 2.65 bits per heavy atom. The number of hydrogen-bond acceptors (Lipinski definition) is 2. The van der Waals surface area contributed by atoms with Gasteiger partial charge in [-0.3, -0.25) is 4.79 Å². The van der Waals surface area contributed by atoms with Crippen molar-refractivity contribution in [3.63, 3.8) is 0 Å². The summed E-state index contributed by atoms with van der Waals surface area (Å²) in [5, 5.41) is 3.41. The third-order valence-corrected chi connectivity index (χ3v) is 2.92. The van der Waals surface area contributed by atoms with Crippen LogP contribution in [0.4, 0.5) is 5.82 Å². The summed E-state index contributed by atoms with van der Waals surface area (Å²) in [6, 6.07) is 12.9. The number of pyridine rings is 1. The predicted molar refractivity (Wildman–Crippen MR) is 71.3 cm³/mol. The van der Waals surface area contributed by atoms with Crippen molar-refractivity contribution in [2.24, 2.45) is 0 Å². The average molecular weight is 291 g/mol. The summed E-state index contributed by atoms with van der Waals surface area (Å²) in [5.74, 6) is 0.417. The van der Waals surface area contributed by atoms with Crippen molar-refractivity contribution < 1.29 is 4.79 Å². The standard InChI is InChI=1S/C13H11BrN2O/c14-9-10-5-1-2-6-11(10)13(17)16-12-7-3-4-8-15-12/h1-8H,9H2,(H,15,16,17). The smallest absolute Gasteiger partial charge is 0.257 e. The Morgan fingerprint density at radius 1 is 1.18 bits per heavy atom. The molecule has 1 N–H and O–H groups in total. The van der Waals surface area contributed by atoms with Gasteiger partial charge in [0.25, 0.3) is 5.91 Å². The Balaban J connectivity index is 2.20. The number of aromatic nitrogens is 1. The molecule has 0 aliphatic heterocycles. The van der Waals surface area contributed by atoms with Crippen molar-refractivity contribution in [3.05, 3.63) is 59.8 Å². The second-order valence-electron chi connectivity index (χ2n) is 3.46. The highest BCUT2D eigenvalue weighted by Crippen LogP contribution is 2.14. The highest BCUT2D eigenvalue weighted by molar-refractivity contribution is 9.08. The molecule has 0 aliphatic rings. The van der Waals surface area contributed by atoms with Crippen LogP contribution in [-0.2, 0) is 5.33 Å². The molecule has 0 fully saturated rings. The molecule has 2 rings (SSSR count). The minimum atomic E-state index is -0.140. The van der Waals surface area contributed by atoms with Crippen molar-refractivity contribution >= 4 is 27.7 Å². The number of amides is 1. The van der Waals surface area contributed by atoms with Crippen molar-refractivity contribution in [3.8, 4) is 0 Å². The van der Waals surface area contributed by atoms with E-state index in [0.29, 0.717) is 16.7 Å². The number of nitrogens with zero attached hydrogens (tertiary/aromatic N) is 1. The van der Waals surface area contributed by atoms with Crippen LogP contribution in [0.1, 0.15) is 15.9 Å². The van der Waals surface area contributed by atoms with Crippen LogP contribution < -0.4 is 5.32 Å². The van der Waals surface area contributed by atoms with E-state index in [1.54, 1.807) is 18.3 Å². The fourth-order valence-electron chi connectivity index (χ4n) is 1.48. The molecule has 0 aliphatic carbocycles. The molecule has 1 aromatic heterocycles. The average Bonchev–Trinajstić information content (AvgIpc) is 2.40. The maximum Gasteiger partial charge on any atom is 0.257 e. The van der Waals surface area contributed by atoms with Crippen LogP contribution in [0.2, 0.25) is 0 Å². The number of hydrogen-bond donors (Lipinski definition) is 1. The van der Waals surface area contributed by atoms with Gasteiger partial charge in [0.15, 0.2) is 0 Å². The Bertz CT molecular complexity index is 514. The van der Waals surface area contributed by atoms with E-state index in [1.165, 1.54) is 0 Å². The van der Waals surface area contributed by atoms with Crippen LogP contribution in [0.3, 0.4) is 0 Å². The van der Waals surface area contributed by atoms with Gasteiger partial charge in [0.1, 0.15) is 5.82 Å². The van der Waals surface area contributed by atoms with Crippen LogP contribution in [0.5, 0.6) is 0 Å². The minimum Gasteiger partial charge on any atom is -0.307 e. The fourth-order valence-corrected chi connectivity index (χ4v) is 1.97. The van der Waals surface area contributed by atoms with Crippen molar-refractivity contribution in [1.29, 1.82) is 0 Å². The third-order valence-electron chi connectivity index (χ3n) is 2.31. The molecule has 0 saturated carbocycles. The molecule has 1 heterocycles. The van der Waals surface area contributed by atoms with Gasteiger partial charge in [0, 0.05) is 17.1 Å². The number of halogens is 1. The zero-order valence-corrected chi connectivity index (χ0v) is 10.6. The lowest BCUT2D eigenvalue weighted by molar-refractivity contribution is 0.102. The number of rotatable bonds is 3. The van der Waals surface area contributed by atoms with Gasteiger partial charge in [-0.1, -0.05) is 40.2 Å². The predicted octanol–water partition coefficient (Wildman–Crippen LogP) is 3.23. The van der Waals surface area contributed by atoms with Crippen LogP contribution >= 0.6 is 15.9 Å². The van der Waals surface area contributed by atoms with E-state index in [-0.39, 0.29) is 5.91 Å². The van der Waals surface area contributed by atoms with Crippen LogP contribution in [0.25, 0.3) is 0 Å². The largest absolute Gasteiger partial charge is 0.307 e. The molecule has 4 heteroatoms. The molecule has 0 unspecified atom stereocenters. The number of anilines is 1. The Labute approximate surface area is 108 Å². The molecular formula is C13H11BrN2O. The SMILES string of the molecule is O=C(Nc1ccccn1)c1ccccc1CBr. The van der Waals surface area contributed by atoms with E-state index in [9.17, 15) is 4.79 Å². The third kappa shape index (κ3) is 2.91. The number of nitrogens with one attached hydrogen (secondary N) is 1. The topological polar surface area (TPSA) is 42.0 Å². The molecule has 0 atom stereocenters. The first-order chi connectivity index (χ1) is 8.31. The fraction of sp³-hybridized carbons (Fsp3) is 0.0769. The molecule has 1 aromatic carbocycles. The number of benzene rings is 1. The normalized spacial score (nSPS) is 9.94. The molecule has 0 radical (unpaired) electrons. The Kier molecular flexibility index (Phi) is 3.88. The van der Waals surface area contributed by atoms with E-state index in [0.717, 1.165) is 5.56 Å². The molecule has 0 spiro atoms. The van der Waals surface area contributed by atoms with Gasteiger partial charge in [-0.2, -0.15) is 0 Å². The van der Waals surface area contributed by atoms with Gasteiger partial charge in [-0.15, -0.1) is 0 Å². The quantitative estimate of drug-likeness (QED) is 0.882. The molecule has 1 amide bonds. The molecular weight excluding hydrogens is 280 g/mol. The van der Waals surface area contributed by atoms with Gasteiger partial charge in [-0.05, 0) is 23.8 Å². The highest BCUT2D eigenvalue weighted by Gasteiger charge is 2.10. The van der Waals surface area contributed by atoms with E-state index in [4.69, 9.17) is 0 Å². The van der Waals surface area contributed by atoms with E-state index < -0.39 is 0 Å². The summed E-state index contributed by atoms with van der Waals surface area (Å²) in [6.45, 7) is 0. The maximum atomic E-state index is 12.0. The number of carbonyl (C=O) groups excluding carboxylic acids is 1. The first-order valence-electron chi connectivity index (χ1n) is 5.17. The molecule has 0 saturated heterocycles. The van der Waals surface area contributed by atoms with Gasteiger partial charge in [0.2, 0.25) is 0 Å². The lowest BCUT2D eigenvalue weighted by Crippen LogP contribution is -2.14. The van der Waals surface area contributed by atoms with E-state index >= 15 is 0 Å². The lowest BCUT2D eigenvalue weighted by atomic mass is 10.1. The minimum absolute atomic E-state index is 0.140. The van der Waals surface area contributed by atoms with E-state index in [2.05, 4.69) is 26.2 Å². The van der Waals surface area contributed by atoms with Crippen molar-refractivity contribution in [2.45, 2.75) is 5.33 Å². The molecule has 0 bridgehead atoms. The van der Waals surface area contributed by atoms with E-state index in [1.807, 2.05) is 30.3 Å². The van der Waals surface area contributed by atoms with Crippen molar-refractivity contribution in [1.82, 2.24) is 4.98 Å². The van der Waals surface area contributed by atoms with Crippen LogP contribution in [0.15, 0.2) is 48.7 Å². The Morgan fingerprint density at radius 2 is 1.94 bits per heavy atom. The molecule has 86 valence electrons. The Hall–Kier alpha value is -1.68. The number of alkyl halides is 1. The molecule has 2 aromatic rings. The summed E-state index contributed by atoms with van der Waals surface area (Å²) in [5.41, 5.74) is 1.62. The lowest BCUT2D eigenvalue weighted by Gasteiger charge is -2.07. The summed E-state index contributed by atoms with van der Waals surface area (Å²) >= 11 is 3.37. The van der Waals surface area contributed by atoms with Crippen LogP contribution in [0, 0.1) is 0 Å². The van der Waals surface area contributed by atoms with Gasteiger partial charge in [0.05, 0.1) is 0 Å². The van der Waals surface area contributed by atoms with Crippen molar-refractivity contribution in [2.75, 3.05) is 5.32 Å².